The topological polar surface area (TPSA) is 78.9 Å². The van der Waals surface area contributed by atoms with Gasteiger partial charge in [0, 0.05) is 6.54 Å². The Labute approximate surface area is 113 Å². The zero-order valence-electron chi connectivity index (χ0n) is 11.2. The lowest BCUT2D eigenvalue weighted by Crippen LogP contribution is -2.54. The molecule has 0 aromatic heterocycles. The summed E-state index contributed by atoms with van der Waals surface area (Å²) in [7, 11) is 0. The first-order valence-electron chi connectivity index (χ1n) is 6.03. The number of halogens is 3. The number of carboxylic acids is 1. The van der Waals surface area contributed by atoms with Crippen molar-refractivity contribution in [3.63, 3.8) is 0 Å². The average molecular weight is 298 g/mol. The molecule has 0 spiro atoms. The molecule has 1 saturated heterocycles. The van der Waals surface area contributed by atoms with Crippen molar-refractivity contribution in [2.45, 2.75) is 26.1 Å². The molecular formula is C11H17F3N2O4. The molecule has 0 aliphatic carbocycles. The minimum absolute atomic E-state index is 0.0435. The van der Waals surface area contributed by atoms with Crippen molar-refractivity contribution in [2.75, 3.05) is 26.3 Å². The summed E-state index contributed by atoms with van der Waals surface area (Å²) in [5.41, 5.74) is -1.34. The van der Waals surface area contributed by atoms with Crippen LogP contribution >= 0.6 is 0 Å². The monoisotopic (exact) mass is 298 g/mol. The van der Waals surface area contributed by atoms with E-state index >= 15 is 0 Å². The highest BCUT2D eigenvalue weighted by molar-refractivity contribution is 5.79. The largest absolute Gasteiger partial charge is 0.481 e. The van der Waals surface area contributed by atoms with Crippen LogP contribution in [-0.2, 0) is 9.53 Å². The number of hydrogen-bond donors (Lipinski definition) is 2. The number of carbonyl (C=O) groups excluding carboxylic acids is 1. The van der Waals surface area contributed by atoms with Gasteiger partial charge in [0.1, 0.15) is 12.0 Å². The summed E-state index contributed by atoms with van der Waals surface area (Å²) < 4.78 is 41.9. The summed E-state index contributed by atoms with van der Waals surface area (Å²) >= 11 is 0. The first-order valence-corrected chi connectivity index (χ1v) is 6.03. The molecule has 1 aliphatic heterocycles. The lowest BCUT2D eigenvalue weighted by molar-refractivity contribution is -0.149. The van der Waals surface area contributed by atoms with Gasteiger partial charge in [-0.3, -0.25) is 4.79 Å². The standard InChI is InChI=1S/C11H17F3N2O4/c1-3-16(5-11(12,13)14)9(19)15-7-4-20-6-10(7,2)8(17)18/h7H,3-6H2,1-2H3,(H,15,19)(H,17,18). The molecule has 0 bridgehead atoms. The third-order valence-corrected chi connectivity index (χ3v) is 3.28. The highest BCUT2D eigenvalue weighted by Crippen LogP contribution is 2.29. The van der Waals surface area contributed by atoms with Crippen LogP contribution in [0.1, 0.15) is 13.8 Å². The quantitative estimate of drug-likeness (QED) is 0.813. The van der Waals surface area contributed by atoms with E-state index < -0.39 is 36.2 Å². The summed E-state index contributed by atoms with van der Waals surface area (Å²) in [6.45, 7) is 1.13. The number of carbonyl (C=O) groups is 2. The summed E-state index contributed by atoms with van der Waals surface area (Å²) in [6.07, 6.45) is -4.50. The maximum absolute atomic E-state index is 12.3. The molecule has 9 heteroatoms. The van der Waals surface area contributed by atoms with Crippen molar-refractivity contribution in [1.29, 1.82) is 0 Å². The van der Waals surface area contributed by atoms with Crippen LogP contribution in [-0.4, -0.2) is 60.5 Å². The molecule has 1 aliphatic rings. The van der Waals surface area contributed by atoms with E-state index in [4.69, 9.17) is 9.84 Å². The number of aliphatic carboxylic acids is 1. The first-order chi connectivity index (χ1) is 9.10. The number of carboxylic acid groups (broad SMARTS) is 1. The number of rotatable bonds is 4. The average Bonchev–Trinajstić information content (AvgIpc) is 2.68. The van der Waals surface area contributed by atoms with E-state index in [9.17, 15) is 22.8 Å². The van der Waals surface area contributed by atoms with Gasteiger partial charge in [0.15, 0.2) is 0 Å². The zero-order valence-corrected chi connectivity index (χ0v) is 11.2. The van der Waals surface area contributed by atoms with E-state index in [2.05, 4.69) is 5.32 Å². The maximum Gasteiger partial charge on any atom is 0.406 e. The van der Waals surface area contributed by atoms with Gasteiger partial charge in [-0.15, -0.1) is 0 Å². The number of ether oxygens (including phenoxy) is 1. The lowest BCUT2D eigenvalue weighted by Gasteiger charge is -2.29. The Hall–Kier alpha value is -1.51. The fourth-order valence-corrected chi connectivity index (χ4v) is 1.87. The minimum atomic E-state index is -4.50. The molecule has 20 heavy (non-hydrogen) atoms. The molecule has 1 rings (SSSR count). The molecule has 1 fully saturated rings. The Morgan fingerprint density at radius 2 is 2.10 bits per heavy atom. The van der Waals surface area contributed by atoms with E-state index in [0.29, 0.717) is 4.90 Å². The van der Waals surface area contributed by atoms with Gasteiger partial charge in [0.25, 0.3) is 0 Å². The number of alkyl halides is 3. The van der Waals surface area contributed by atoms with Crippen LogP contribution < -0.4 is 5.32 Å². The van der Waals surface area contributed by atoms with Crippen molar-refractivity contribution in [1.82, 2.24) is 10.2 Å². The van der Waals surface area contributed by atoms with Crippen LogP contribution in [0.4, 0.5) is 18.0 Å². The molecule has 2 unspecified atom stereocenters. The molecule has 6 nitrogen and oxygen atoms in total. The Bertz CT molecular complexity index is 388. The van der Waals surface area contributed by atoms with E-state index in [1.807, 2.05) is 0 Å². The van der Waals surface area contributed by atoms with Gasteiger partial charge in [-0.05, 0) is 13.8 Å². The molecule has 2 amide bonds. The second kappa shape index (κ2) is 5.86. The third-order valence-electron chi connectivity index (χ3n) is 3.28. The van der Waals surface area contributed by atoms with Gasteiger partial charge in [-0.25, -0.2) is 4.79 Å². The number of amides is 2. The van der Waals surface area contributed by atoms with Gasteiger partial charge in [-0.1, -0.05) is 0 Å². The van der Waals surface area contributed by atoms with Gasteiger partial charge in [0.05, 0.1) is 19.3 Å². The predicted molar refractivity (Wildman–Crippen MR) is 62.2 cm³/mol. The summed E-state index contributed by atoms with van der Waals surface area (Å²) in [6, 6.07) is -1.82. The lowest BCUT2D eigenvalue weighted by atomic mass is 9.85. The summed E-state index contributed by atoms with van der Waals surface area (Å²) in [5, 5.41) is 11.4. The molecule has 0 saturated carbocycles. The molecule has 0 radical (unpaired) electrons. The zero-order chi connectivity index (χ0) is 15.6. The van der Waals surface area contributed by atoms with Gasteiger partial charge < -0.3 is 20.1 Å². The first kappa shape index (κ1) is 16.5. The Morgan fingerprint density at radius 3 is 2.55 bits per heavy atom. The smallest absolute Gasteiger partial charge is 0.406 e. The van der Waals surface area contributed by atoms with Crippen molar-refractivity contribution in [3.05, 3.63) is 0 Å². The second-order valence-electron chi connectivity index (χ2n) is 4.87. The summed E-state index contributed by atoms with van der Waals surface area (Å²) in [4.78, 5) is 23.5. The van der Waals surface area contributed by atoms with Crippen molar-refractivity contribution < 1.29 is 32.6 Å². The molecular weight excluding hydrogens is 281 g/mol. The summed E-state index contributed by atoms with van der Waals surface area (Å²) in [5.74, 6) is -1.17. The van der Waals surface area contributed by atoms with Gasteiger partial charge >= 0.3 is 18.2 Å². The minimum Gasteiger partial charge on any atom is -0.481 e. The predicted octanol–water partition coefficient (Wildman–Crippen LogP) is 1.07. The second-order valence-corrected chi connectivity index (χ2v) is 4.87. The third kappa shape index (κ3) is 3.75. The molecule has 2 atom stereocenters. The van der Waals surface area contributed by atoms with Crippen LogP contribution in [0.15, 0.2) is 0 Å². The number of nitrogens with one attached hydrogen (secondary N) is 1. The molecule has 116 valence electrons. The maximum atomic E-state index is 12.3. The highest BCUT2D eigenvalue weighted by Gasteiger charge is 2.48. The van der Waals surface area contributed by atoms with Crippen LogP contribution in [0.2, 0.25) is 0 Å². The molecule has 1 heterocycles. The van der Waals surface area contributed by atoms with E-state index in [1.165, 1.54) is 13.8 Å². The van der Waals surface area contributed by atoms with Crippen LogP contribution in [0.25, 0.3) is 0 Å². The normalized spacial score (nSPS) is 26.4. The Kier molecular flexibility index (Phi) is 4.85. The SMILES string of the molecule is CCN(CC(F)(F)F)C(=O)NC1COCC1(C)C(=O)O. The fourth-order valence-electron chi connectivity index (χ4n) is 1.87. The Balaban J connectivity index is 2.71. The Morgan fingerprint density at radius 1 is 1.50 bits per heavy atom. The fraction of sp³-hybridized carbons (Fsp3) is 0.818. The van der Waals surface area contributed by atoms with E-state index in [-0.39, 0.29) is 19.8 Å². The van der Waals surface area contributed by atoms with Crippen LogP contribution in [0, 0.1) is 5.41 Å². The van der Waals surface area contributed by atoms with Crippen molar-refractivity contribution in [3.8, 4) is 0 Å². The van der Waals surface area contributed by atoms with Crippen molar-refractivity contribution >= 4 is 12.0 Å². The van der Waals surface area contributed by atoms with Gasteiger partial charge in [0.2, 0.25) is 0 Å². The molecule has 0 aromatic carbocycles. The van der Waals surface area contributed by atoms with Crippen LogP contribution in [0.3, 0.4) is 0 Å². The van der Waals surface area contributed by atoms with Crippen LogP contribution in [0.5, 0.6) is 0 Å². The highest BCUT2D eigenvalue weighted by atomic mass is 19.4. The number of urea groups is 1. The molecule has 2 N–H and O–H groups in total. The van der Waals surface area contributed by atoms with E-state index in [0.717, 1.165) is 0 Å². The molecule has 0 aromatic rings. The van der Waals surface area contributed by atoms with E-state index in [1.54, 1.807) is 0 Å². The number of hydrogen-bond acceptors (Lipinski definition) is 3. The van der Waals surface area contributed by atoms with Gasteiger partial charge in [-0.2, -0.15) is 13.2 Å². The number of nitrogens with zero attached hydrogens (tertiary/aromatic N) is 1. The van der Waals surface area contributed by atoms with Crippen molar-refractivity contribution in [2.24, 2.45) is 5.41 Å².